The molecule has 0 aromatic carbocycles. The van der Waals surface area contributed by atoms with Crippen molar-refractivity contribution in [3.05, 3.63) is 28.7 Å². The number of aryl methyl sites for hydroxylation is 3. The predicted octanol–water partition coefficient (Wildman–Crippen LogP) is 1.29. The number of carbonyl (C=O) groups excluding carboxylic acids is 1. The third-order valence-corrected chi connectivity index (χ3v) is 4.13. The monoisotopic (exact) mass is 303 g/mol. The molecule has 22 heavy (non-hydrogen) atoms. The van der Waals surface area contributed by atoms with Gasteiger partial charge in [0.25, 0.3) is 5.91 Å². The van der Waals surface area contributed by atoms with Gasteiger partial charge in [-0.1, -0.05) is 0 Å². The summed E-state index contributed by atoms with van der Waals surface area (Å²) < 4.78 is 9.10. The zero-order valence-corrected chi connectivity index (χ0v) is 13.5. The minimum absolute atomic E-state index is 0.104. The lowest BCUT2D eigenvalue weighted by Gasteiger charge is -2.16. The van der Waals surface area contributed by atoms with Crippen LogP contribution in [0, 0.1) is 13.8 Å². The molecular formula is C15H21N5O2. The Morgan fingerprint density at radius 1 is 1.41 bits per heavy atom. The van der Waals surface area contributed by atoms with Crippen molar-refractivity contribution in [3.63, 3.8) is 0 Å². The van der Waals surface area contributed by atoms with Crippen LogP contribution in [-0.4, -0.2) is 44.0 Å². The molecule has 1 aliphatic rings. The van der Waals surface area contributed by atoms with Crippen molar-refractivity contribution >= 4 is 5.91 Å². The summed E-state index contributed by atoms with van der Waals surface area (Å²) in [5.74, 6) is 0.574. The minimum atomic E-state index is -0.104. The van der Waals surface area contributed by atoms with Crippen LogP contribution in [-0.2, 0) is 20.1 Å². The van der Waals surface area contributed by atoms with Gasteiger partial charge in [0.15, 0.2) is 5.69 Å². The van der Waals surface area contributed by atoms with Crippen molar-refractivity contribution in [2.45, 2.75) is 33.4 Å². The standard InChI is InChI=1S/C15H21N5O2/c1-10-12(11(2)19(4)16-10)9-18(3)15(21)13-8-14-20(17-13)6-5-7-22-14/h8H,5-7,9H2,1-4H3. The molecule has 1 aliphatic heterocycles. The van der Waals surface area contributed by atoms with E-state index in [1.807, 2.05) is 25.6 Å². The Hall–Kier alpha value is -2.31. The van der Waals surface area contributed by atoms with Crippen LogP contribution >= 0.6 is 0 Å². The normalized spacial score (nSPS) is 13.6. The van der Waals surface area contributed by atoms with E-state index in [0.29, 0.717) is 24.7 Å². The molecule has 2 aromatic rings. The second-order valence-corrected chi connectivity index (χ2v) is 5.73. The van der Waals surface area contributed by atoms with E-state index in [1.165, 1.54) is 0 Å². The maximum Gasteiger partial charge on any atom is 0.274 e. The maximum absolute atomic E-state index is 12.6. The lowest BCUT2D eigenvalue weighted by molar-refractivity contribution is 0.0778. The topological polar surface area (TPSA) is 65.2 Å². The zero-order valence-electron chi connectivity index (χ0n) is 13.5. The number of ether oxygens (including phenoxy) is 1. The number of aromatic nitrogens is 4. The summed E-state index contributed by atoms with van der Waals surface area (Å²) in [7, 11) is 3.70. The summed E-state index contributed by atoms with van der Waals surface area (Å²) in [5, 5.41) is 8.73. The highest BCUT2D eigenvalue weighted by molar-refractivity contribution is 5.92. The number of amides is 1. The van der Waals surface area contributed by atoms with Crippen LogP contribution in [0.25, 0.3) is 0 Å². The van der Waals surface area contributed by atoms with E-state index in [2.05, 4.69) is 10.2 Å². The smallest absolute Gasteiger partial charge is 0.274 e. The van der Waals surface area contributed by atoms with E-state index in [-0.39, 0.29) is 5.91 Å². The second kappa shape index (κ2) is 5.47. The summed E-state index contributed by atoms with van der Waals surface area (Å²) in [6.45, 7) is 5.98. The van der Waals surface area contributed by atoms with Crippen LogP contribution in [0.2, 0.25) is 0 Å². The fourth-order valence-corrected chi connectivity index (χ4v) is 2.72. The van der Waals surface area contributed by atoms with Gasteiger partial charge in [-0.05, 0) is 13.8 Å². The zero-order chi connectivity index (χ0) is 15.9. The van der Waals surface area contributed by atoms with E-state index in [0.717, 1.165) is 29.9 Å². The van der Waals surface area contributed by atoms with E-state index in [4.69, 9.17) is 4.74 Å². The van der Waals surface area contributed by atoms with Crippen molar-refractivity contribution in [1.29, 1.82) is 0 Å². The average Bonchev–Trinajstić information content (AvgIpc) is 3.03. The Bertz CT molecular complexity index is 692. The molecule has 1 amide bonds. The first-order valence-electron chi connectivity index (χ1n) is 7.42. The maximum atomic E-state index is 12.6. The fraction of sp³-hybridized carbons (Fsp3) is 0.533. The summed E-state index contributed by atoms with van der Waals surface area (Å²) in [6, 6.07) is 1.72. The van der Waals surface area contributed by atoms with Crippen LogP contribution in [0.4, 0.5) is 0 Å². The van der Waals surface area contributed by atoms with Crippen molar-refractivity contribution in [3.8, 4) is 5.88 Å². The van der Waals surface area contributed by atoms with E-state index < -0.39 is 0 Å². The molecule has 3 heterocycles. The van der Waals surface area contributed by atoms with Gasteiger partial charge in [-0.3, -0.25) is 9.48 Å². The number of fused-ring (bicyclic) bond motifs is 1. The van der Waals surface area contributed by atoms with E-state index >= 15 is 0 Å². The van der Waals surface area contributed by atoms with Gasteiger partial charge in [-0.2, -0.15) is 10.2 Å². The Morgan fingerprint density at radius 2 is 2.18 bits per heavy atom. The van der Waals surface area contributed by atoms with Gasteiger partial charge in [-0.25, -0.2) is 4.68 Å². The van der Waals surface area contributed by atoms with Gasteiger partial charge in [-0.15, -0.1) is 0 Å². The first-order valence-corrected chi connectivity index (χ1v) is 7.42. The molecular weight excluding hydrogens is 282 g/mol. The Labute approximate surface area is 129 Å². The van der Waals surface area contributed by atoms with Gasteiger partial charge < -0.3 is 9.64 Å². The molecule has 0 atom stereocenters. The quantitative estimate of drug-likeness (QED) is 0.857. The van der Waals surface area contributed by atoms with E-state index in [1.54, 1.807) is 22.7 Å². The van der Waals surface area contributed by atoms with Crippen molar-refractivity contribution < 1.29 is 9.53 Å². The van der Waals surface area contributed by atoms with Gasteiger partial charge >= 0.3 is 0 Å². The van der Waals surface area contributed by atoms with Crippen molar-refractivity contribution in [2.24, 2.45) is 7.05 Å². The molecule has 118 valence electrons. The fourth-order valence-electron chi connectivity index (χ4n) is 2.72. The molecule has 0 aliphatic carbocycles. The molecule has 7 heteroatoms. The highest BCUT2D eigenvalue weighted by atomic mass is 16.5. The molecule has 0 saturated heterocycles. The highest BCUT2D eigenvalue weighted by Gasteiger charge is 2.22. The first kappa shape index (κ1) is 14.6. The van der Waals surface area contributed by atoms with Gasteiger partial charge in [0.05, 0.1) is 12.3 Å². The molecule has 0 N–H and O–H groups in total. The number of nitrogens with zero attached hydrogens (tertiary/aromatic N) is 5. The van der Waals surface area contributed by atoms with Gasteiger partial charge in [0, 0.05) is 50.9 Å². The Balaban J connectivity index is 1.78. The summed E-state index contributed by atoms with van der Waals surface area (Å²) in [5.41, 5.74) is 3.54. The molecule has 0 fully saturated rings. The molecule has 7 nitrogen and oxygen atoms in total. The highest BCUT2D eigenvalue weighted by Crippen LogP contribution is 2.20. The van der Waals surface area contributed by atoms with Crippen LogP contribution in [0.5, 0.6) is 5.88 Å². The SMILES string of the molecule is Cc1nn(C)c(C)c1CN(C)C(=O)c1cc2n(n1)CCCO2. The lowest BCUT2D eigenvalue weighted by atomic mass is 10.2. The Kier molecular flexibility index (Phi) is 3.64. The van der Waals surface area contributed by atoms with Crippen LogP contribution in [0.15, 0.2) is 6.07 Å². The van der Waals surface area contributed by atoms with E-state index in [9.17, 15) is 4.79 Å². The molecule has 2 aromatic heterocycles. The number of hydrogen-bond acceptors (Lipinski definition) is 4. The van der Waals surface area contributed by atoms with Crippen LogP contribution < -0.4 is 4.74 Å². The summed E-state index contributed by atoms with van der Waals surface area (Å²) in [6.07, 6.45) is 0.923. The third kappa shape index (κ3) is 2.47. The molecule has 0 saturated carbocycles. The first-order chi connectivity index (χ1) is 10.5. The van der Waals surface area contributed by atoms with Gasteiger partial charge in [0.1, 0.15) is 0 Å². The molecule has 3 rings (SSSR count). The van der Waals surface area contributed by atoms with Crippen molar-refractivity contribution in [1.82, 2.24) is 24.5 Å². The third-order valence-electron chi connectivity index (χ3n) is 4.13. The predicted molar refractivity (Wildman–Crippen MR) is 80.8 cm³/mol. The van der Waals surface area contributed by atoms with Crippen molar-refractivity contribution in [2.75, 3.05) is 13.7 Å². The average molecular weight is 303 g/mol. The van der Waals surface area contributed by atoms with Crippen LogP contribution in [0.3, 0.4) is 0 Å². The molecule has 0 radical (unpaired) electrons. The molecule has 0 bridgehead atoms. The number of hydrogen-bond donors (Lipinski definition) is 0. The number of rotatable bonds is 3. The van der Waals surface area contributed by atoms with Crippen LogP contribution in [0.1, 0.15) is 33.9 Å². The lowest BCUT2D eigenvalue weighted by Crippen LogP contribution is -2.27. The summed E-state index contributed by atoms with van der Waals surface area (Å²) >= 11 is 0. The molecule has 0 spiro atoms. The molecule has 0 unspecified atom stereocenters. The Morgan fingerprint density at radius 3 is 2.82 bits per heavy atom. The largest absolute Gasteiger partial charge is 0.478 e. The minimum Gasteiger partial charge on any atom is -0.478 e. The number of carbonyl (C=O) groups is 1. The van der Waals surface area contributed by atoms with Gasteiger partial charge in [0.2, 0.25) is 5.88 Å². The second-order valence-electron chi connectivity index (χ2n) is 5.73. The summed E-state index contributed by atoms with van der Waals surface area (Å²) in [4.78, 5) is 14.2.